The van der Waals surface area contributed by atoms with Crippen molar-refractivity contribution in [3.63, 3.8) is 0 Å². The summed E-state index contributed by atoms with van der Waals surface area (Å²) in [5, 5.41) is 10.4. The van der Waals surface area contributed by atoms with Crippen molar-refractivity contribution in [2.45, 2.75) is 19.4 Å². The highest BCUT2D eigenvalue weighted by molar-refractivity contribution is 7.96. The first-order chi connectivity index (χ1) is 16.3. The van der Waals surface area contributed by atoms with Crippen molar-refractivity contribution in [1.82, 2.24) is 0 Å². The maximum atomic E-state index is 14.2. The molecule has 2 aliphatic rings. The normalized spacial score (nSPS) is 18.6. The highest BCUT2D eigenvalue weighted by atomic mass is 35.5. The van der Waals surface area contributed by atoms with E-state index in [-0.39, 0.29) is 28.7 Å². The zero-order valence-electron chi connectivity index (χ0n) is 18.2. The van der Waals surface area contributed by atoms with Gasteiger partial charge in [-0.25, -0.2) is 8.42 Å². The molecule has 0 radical (unpaired) electrons. The van der Waals surface area contributed by atoms with Crippen molar-refractivity contribution in [2.24, 2.45) is 5.73 Å². The lowest BCUT2D eigenvalue weighted by Gasteiger charge is -2.38. The third-order valence-electron chi connectivity index (χ3n) is 5.97. The minimum Gasteiger partial charge on any atom is -0.439 e. The number of aryl methyl sites for hydroxylation is 1. The molecule has 3 aromatic rings. The predicted molar refractivity (Wildman–Crippen MR) is 132 cm³/mol. The van der Waals surface area contributed by atoms with Crippen LogP contribution in [0.5, 0.6) is 0 Å². The van der Waals surface area contributed by atoms with Gasteiger partial charge in [0.05, 0.1) is 18.2 Å². The molecule has 0 aliphatic carbocycles. The maximum Gasteiger partial charge on any atom is 0.265 e. The van der Waals surface area contributed by atoms with Crippen molar-refractivity contribution in [3.05, 3.63) is 116 Å². The van der Waals surface area contributed by atoms with Crippen LogP contribution in [0.15, 0.2) is 89.2 Å². The smallest absolute Gasteiger partial charge is 0.265 e. The molecule has 0 unspecified atom stereocenters. The van der Waals surface area contributed by atoms with Crippen LogP contribution in [0.2, 0.25) is 5.02 Å². The second-order valence-electron chi connectivity index (χ2n) is 8.19. The average Bonchev–Trinajstić information content (AvgIpc) is 2.81. The number of sulfonamides is 1. The zero-order valence-corrected chi connectivity index (χ0v) is 19.8. The van der Waals surface area contributed by atoms with E-state index in [1.54, 1.807) is 42.5 Å². The Morgan fingerprint density at radius 1 is 1.09 bits per heavy atom. The van der Waals surface area contributed by atoms with Gasteiger partial charge in [0.15, 0.2) is 5.76 Å². The van der Waals surface area contributed by atoms with Gasteiger partial charge in [-0.2, -0.15) is 5.26 Å². The quantitative estimate of drug-likeness (QED) is 0.547. The molecule has 2 aliphatic heterocycles. The van der Waals surface area contributed by atoms with Gasteiger partial charge in [0.25, 0.3) is 10.0 Å². The second kappa shape index (κ2) is 8.24. The fraction of sp³-hybridized carbons (Fsp3) is 0.115. The number of benzene rings is 3. The topological polar surface area (TPSA) is 96.4 Å². The fourth-order valence-corrected chi connectivity index (χ4v) is 6.48. The number of anilines is 1. The highest BCUT2D eigenvalue weighted by Gasteiger charge is 2.47. The third kappa shape index (κ3) is 3.52. The Balaban J connectivity index is 1.76. The number of ether oxygens (including phenoxy) is 1. The lowest BCUT2D eigenvalue weighted by Crippen LogP contribution is -2.39. The molecule has 0 fully saturated rings. The molecule has 5 rings (SSSR count). The third-order valence-corrected chi connectivity index (χ3v) is 8.10. The molecule has 6 nitrogen and oxygen atoms in total. The Kier molecular flexibility index (Phi) is 5.35. The Hall–Kier alpha value is -3.73. The zero-order chi connectivity index (χ0) is 24.0. The van der Waals surface area contributed by atoms with E-state index in [0.717, 1.165) is 11.1 Å². The van der Waals surface area contributed by atoms with Gasteiger partial charge in [0.1, 0.15) is 16.5 Å². The molecule has 0 aromatic heterocycles. The van der Waals surface area contributed by atoms with E-state index in [0.29, 0.717) is 21.8 Å². The van der Waals surface area contributed by atoms with Gasteiger partial charge in [0.2, 0.25) is 5.88 Å². The standard InChI is InChI=1S/C26H20ClN3O3S/c1-16-5-4-6-17(13-16)15-30-22-8-3-2-7-20(22)24-25(34(30,31)32)23(21(14-28)26(29)33-24)18-9-11-19(27)12-10-18/h2-13,23H,15,29H2,1H3/t23-/m0/s1. The van der Waals surface area contributed by atoms with Crippen molar-refractivity contribution in [1.29, 1.82) is 5.26 Å². The lowest BCUT2D eigenvalue weighted by molar-refractivity contribution is 0.357. The summed E-state index contributed by atoms with van der Waals surface area (Å²) in [6, 6.07) is 23.6. The summed E-state index contributed by atoms with van der Waals surface area (Å²) in [7, 11) is -4.11. The van der Waals surface area contributed by atoms with Crippen LogP contribution in [0.25, 0.3) is 5.76 Å². The molecule has 0 amide bonds. The number of para-hydroxylation sites is 1. The first-order valence-corrected chi connectivity index (χ1v) is 12.4. The molecular weight excluding hydrogens is 470 g/mol. The number of fused-ring (bicyclic) bond motifs is 2. The van der Waals surface area contributed by atoms with Crippen LogP contribution < -0.4 is 10.0 Å². The number of allylic oxidation sites excluding steroid dienone is 2. The van der Waals surface area contributed by atoms with Crippen LogP contribution in [-0.4, -0.2) is 8.42 Å². The van der Waals surface area contributed by atoms with Crippen LogP contribution in [-0.2, 0) is 21.3 Å². The highest BCUT2D eigenvalue weighted by Crippen LogP contribution is 2.51. The number of hydrogen-bond acceptors (Lipinski definition) is 5. The van der Waals surface area contributed by atoms with Gasteiger partial charge in [-0.3, -0.25) is 4.31 Å². The van der Waals surface area contributed by atoms with Gasteiger partial charge in [-0.05, 0) is 42.3 Å². The van der Waals surface area contributed by atoms with Gasteiger partial charge >= 0.3 is 0 Å². The van der Waals surface area contributed by atoms with Crippen molar-refractivity contribution < 1.29 is 13.2 Å². The van der Waals surface area contributed by atoms with Crippen LogP contribution in [0.4, 0.5) is 5.69 Å². The van der Waals surface area contributed by atoms with Crippen LogP contribution in [0.1, 0.15) is 28.2 Å². The molecule has 2 heterocycles. The summed E-state index contributed by atoms with van der Waals surface area (Å²) in [4.78, 5) is -0.00748. The maximum absolute atomic E-state index is 14.2. The molecule has 0 saturated carbocycles. The summed E-state index contributed by atoms with van der Waals surface area (Å²) in [5.41, 5.74) is 9.73. The van der Waals surface area contributed by atoms with Gasteiger partial charge < -0.3 is 10.5 Å². The molecular formula is C26H20ClN3O3S. The van der Waals surface area contributed by atoms with Crippen LogP contribution in [0.3, 0.4) is 0 Å². The van der Waals surface area contributed by atoms with Crippen LogP contribution >= 0.6 is 11.6 Å². The minimum absolute atomic E-state index is 0.00748. The largest absolute Gasteiger partial charge is 0.439 e. The summed E-state index contributed by atoms with van der Waals surface area (Å²) in [6.07, 6.45) is 0. The second-order valence-corrected chi connectivity index (χ2v) is 10.5. The summed E-state index contributed by atoms with van der Waals surface area (Å²) in [6.45, 7) is 2.09. The number of nitriles is 1. The molecule has 8 heteroatoms. The monoisotopic (exact) mass is 489 g/mol. The number of hydrogen-bond donors (Lipinski definition) is 1. The van der Waals surface area contributed by atoms with Gasteiger partial charge in [-0.15, -0.1) is 0 Å². The molecule has 0 bridgehead atoms. The fourth-order valence-electron chi connectivity index (χ4n) is 4.44. The van der Waals surface area contributed by atoms with Crippen molar-refractivity contribution in [3.8, 4) is 6.07 Å². The van der Waals surface area contributed by atoms with Gasteiger partial charge in [-0.1, -0.05) is 65.7 Å². The van der Waals surface area contributed by atoms with E-state index in [1.807, 2.05) is 37.3 Å². The number of rotatable bonds is 3. The van der Waals surface area contributed by atoms with Crippen LogP contribution in [0, 0.1) is 18.3 Å². The van der Waals surface area contributed by atoms with Crippen molar-refractivity contribution >= 4 is 33.1 Å². The first-order valence-electron chi connectivity index (χ1n) is 10.6. The van der Waals surface area contributed by atoms with E-state index in [2.05, 4.69) is 6.07 Å². The van der Waals surface area contributed by atoms with E-state index in [9.17, 15) is 13.7 Å². The van der Waals surface area contributed by atoms with E-state index in [1.165, 1.54) is 4.31 Å². The molecule has 2 N–H and O–H groups in total. The molecule has 34 heavy (non-hydrogen) atoms. The summed E-state index contributed by atoms with van der Waals surface area (Å²) in [5.74, 6) is -0.893. The number of halogens is 1. The first kappa shape index (κ1) is 22.1. The van der Waals surface area contributed by atoms with Crippen molar-refractivity contribution in [2.75, 3.05) is 4.31 Å². The Morgan fingerprint density at radius 2 is 1.82 bits per heavy atom. The molecule has 170 valence electrons. The molecule has 0 spiro atoms. The molecule has 3 aromatic carbocycles. The summed E-state index contributed by atoms with van der Waals surface area (Å²) >= 11 is 6.07. The summed E-state index contributed by atoms with van der Waals surface area (Å²) < 4.78 is 35.6. The lowest BCUT2D eigenvalue weighted by atomic mass is 9.88. The predicted octanol–water partition coefficient (Wildman–Crippen LogP) is 5.17. The number of nitrogens with zero attached hydrogens (tertiary/aromatic N) is 2. The van der Waals surface area contributed by atoms with E-state index < -0.39 is 15.9 Å². The van der Waals surface area contributed by atoms with Gasteiger partial charge in [0, 0.05) is 10.6 Å². The van der Waals surface area contributed by atoms with E-state index >= 15 is 0 Å². The molecule has 0 saturated heterocycles. The Labute approximate surface area is 203 Å². The Morgan fingerprint density at radius 3 is 2.53 bits per heavy atom. The number of nitrogens with two attached hydrogens (primary N) is 1. The Bertz CT molecular complexity index is 1520. The average molecular weight is 490 g/mol. The minimum atomic E-state index is -4.11. The van der Waals surface area contributed by atoms with E-state index in [4.69, 9.17) is 22.1 Å². The molecule has 1 atom stereocenters. The SMILES string of the molecule is Cc1cccc(CN2c3ccccc3C3=C([C@@H](c4ccc(Cl)cc4)C(C#N)=C(N)O3)S2(=O)=O)c1.